The first-order valence-electron chi connectivity index (χ1n) is 5.38. The number of anilines is 1. The topological polar surface area (TPSA) is 130 Å². The van der Waals surface area contributed by atoms with Crippen LogP contribution in [0.25, 0.3) is 0 Å². The van der Waals surface area contributed by atoms with Crippen LogP contribution in [0.15, 0.2) is 23.1 Å². The molecule has 0 bridgehead atoms. The molecule has 106 valence electrons. The van der Waals surface area contributed by atoms with Crippen LogP contribution in [0.3, 0.4) is 0 Å². The number of nitrogens with one attached hydrogen (secondary N) is 1. The lowest BCUT2D eigenvalue weighted by Gasteiger charge is -2.18. The minimum Gasteiger partial charge on any atom is -0.478 e. The molecule has 0 radical (unpaired) electrons. The van der Waals surface area contributed by atoms with Gasteiger partial charge in [0.1, 0.15) is 4.90 Å². The number of carboxylic acid groups (broad SMARTS) is 1. The fourth-order valence-electron chi connectivity index (χ4n) is 1.28. The number of hydrogen-bond acceptors (Lipinski definition) is 5. The quantitative estimate of drug-likeness (QED) is 0.565. The Morgan fingerprint density at radius 3 is 2.42 bits per heavy atom. The molecule has 1 aromatic rings. The highest BCUT2D eigenvalue weighted by molar-refractivity contribution is 7.89. The smallest absolute Gasteiger partial charge is 0.335 e. The van der Waals surface area contributed by atoms with Gasteiger partial charge in [0.2, 0.25) is 10.0 Å². The number of carboxylic acids is 1. The van der Waals surface area contributed by atoms with Gasteiger partial charge in [0, 0.05) is 6.54 Å². The number of sulfonamides is 1. The molecule has 0 aliphatic carbocycles. The van der Waals surface area contributed by atoms with Gasteiger partial charge in [0.05, 0.1) is 16.9 Å². The molecular weight excluding hydrogens is 272 g/mol. The predicted molar refractivity (Wildman–Crippen MR) is 69.3 cm³/mol. The average Bonchev–Trinajstić information content (AvgIpc) is 2.25. The molecule has 0 saturated heterocycles. The number of nitrogens with two attached hydrogens (primary N) is 1. The van der Waals surface area contributed by atoms with Crippen molar-refractivity contribution in [1.82, 2.24) is 4.72 Å². The highest BCUT2D eigenvalue weighted by Gasteiger charge is 2.22. The summed E-state index contributed by atoms with van der Waals surface area (Å²) < 4.78 is 26.1. The lowest BCUT2D eigenvalue weighted by atomic mass is 10.1. The molecule has 0 aliphatic heterocycles. The standard InChI is InChI=1S/C11H16N2O5S/c1-11(2,16)6-13-19(17,18)9-4-3-7(10(14)15)5-8(9)12/h3-5,13,16H,6,12H2,1-2H3,(H,14,15). The molecule has 0 heterocycles. The fraction of sp³-hybridized carbons (Fsp3) is 0.364. The van der Waals surface area contributed by atoms with Crippen LogP contribution < -0.4 is 10.5 Å². The second-order valence-corrected chi connectivity index (χ2v) is 6.43. The monoisotopic (exact) mass is 288 g/mol. The van der Waals surface area contributed by atoms with Crippen molar-refractivity contribution in [3.05, 3.63) is 23.8 Å². The van der Waals surface area contributed by atoms with E-state index >= 15 is 0 Å². The summed E-state index contributed by atoms with van der Waals surface area (Å²) in [7, 11) is -3.89. The molecule has 0 spiro atoms. The summed E-state index contributed by atoms with van der Waals surface area (Å²) in [5.41, 5.74) is 4.07. The first kappa shape index (κ1) is 15.4. The molecular formula is C11H16N2O5S. The first-order valence-corrected chi connectivity index (χ1v) is 6.86. The molecule has 7 nitrogen and oxygen atoms in total. The van der Waals surface area contributed by atoms with E-state index in [2.05, 4.69) is 4.72 Å². The van der Waals surface area contributed by atoms with Crippen molar-refractivity contribution in [3.8, 4) is 0 Å². The molecule has 8 heteroatoms. The number of aromatic carboxylic acids is 1. The number of benzene rings is 1. The number of rotatable bonds is 5. The second kappa shape index (κ2) is 5.16. The predicted octanol–water partition coefficient (Wildman–Crippen LogP) is 0.0162. The van der Waals surface area contributed by atoms with E-state index in [9.17, 15) is 18.3 Å². The van der Waals surface area contributed by atoms with Crippen LogP contribution in [0.1, 0.15) is 24.2 Å². The highest BCUT2D eigenvalue weighted by Crippen LogP contribution is 2.20. The van der Waals surface area contributed by atoms with Crippen LogP contribution in [0.5, 0.6) is 0 Å². The number of hydrogen-bond donors (Lipinski definition) is 4. The van der Waals surface area contributed by atoms with Gasteiger partial charge in [0.25, 0.3) is 0 Å². The van der Waals surface area contributed by atoms with Gasteiger partial charge >= 0.3 is 5.97 Å². The van der Waals surface area contributed by atoms with Gasteiger partial charge in [-0.1, -0.05) is 0 Å². The molecule has 1 rings (SSSR count). The van der Waals surface area contributed by atoms with Gasteiger partial charge in [0.15, 0.2) is 0 Å². The summed E-state index contributed by atoms with van der Waals surface area (Å²) in [5.74, 6) is -1.19. The number of nitrogen functional groups attached to an aromatic ring is 1. The van der Waals surface area contributed by atoms with Gasteiger partial charge in [-0.25, -0.2) is 17.9 Å². The lowest BCUT2D eigenvalue weighted by Crippen LogP contribution is -2.38. The van der Waals surface area contributed by atoms with Crippen molar-refractivity contribution >= 4 is 21.7 Å². The zero-order valence-electron chi connectivity index (χ0n) is 10.5. The average molecular weight is 288 g/mol. The Kier molecular flexibility index (Phi) is 4.18. The zero-order chi connectivity index (χ0) is 14.8. The first-order chi connectivity index (χ1) is 8.53. The Bertz CT molecular complexity index is 590. The van der Waals surface area contributed by atoms with Crippen LogP contribution >= 0.6 is 0 Å². The maximum atomic E-state index is 11.9. The van der Waals surface area contributed by atoms with E-state index in [0.29, 0.717) is 0 Å². The summed E-state index contributed by atoms with van der Waals surface area (Å²) in [4.78, 5) is 10.5. The van der Waals surface area contributed by atoms with E-state index in [-0.39, 0.29) is 22.7 Å². The normalized spacial score (nSPS) is 12.4. The zero-order valence-corrected chi connectivity index (χ0v) is 11.4. The van der Waals surface area contributed by atoms with Crippen LogP contribution in [0, 0.1) is 0 Å². The third kappa shape index (κ3) is 4.19. The van der Waals surface area contributed by atoms with Crippen LogP contribution in [0.4, 0.5) is 5.69 Å². The minimum atomic E-state index is -3.89. The lowest BCUT2D eigenvalue weighted by molar-refractivity contribution is 0.0696. The molecule has 1 aromatic carbocycles. The molecule has 0 saturated carbocycles. The minimum absolute atomic E-state index is 0.0982. The van der Waals surface area contributed by atoms with Crippen LogP contribution in [-0.4, -0.2) is 36.7 Å². The van der Waals surface area contributed by atoms with Gasteiger partial charge < -0.3 is 15.9 Å². The summed E-state index contributed by atoms with van der Waals surface area (Å²) in [6, 6.07) is 3.34. The Balaban J connectivity index is 3.06. The molecule has 0 aromatic heterocycles. The Hall–Kier alpha value is -1.64. The molecule has 0 unspecified atom stereocenters. The molecule has 19 heavy (non-hydrogen) atoms. The Morgan fingerprint density at radius 1 is 1.42 bits per heavy atom. The van der Waals surface area contributed by atoms with Gasteiger partial charge in [-0.05, 0) is 32.0 Å². The summed E-state index contributed by atoms with van der Waals surface area (Å²) >= 11 is 0. The van der Waals surface area contributed by atoms with Gasteiger partial charge in [-0.15, -0.1) is 0 Å². The largest absolute Gasteiger partial charge is 0.478 e. The van der Waals surface area contributed by atoms with E-state index < -0.39 is 21.6 Å². The number of aliphatic hydroxyl groups is 1. The van der Waals surface area contributed by atoms with E-state index in [0.717, 1.165) is 18.2 Å². The summed E-state index contributed by atoms with van der Waals surface area (Å²) in [6.07, 6.45) is 0. The van der Waals surface area contributed by atoms with Crippen LogP contribution in [-0.2, 0) is 10.0 Å². The number of carbonyl (C=O) groups is 1. The SMILES string of the molecule is CC(C)(O)CNS(=O)(=O)c1ccc(C(=O)O)cc1N. The summed E-state index contributed by atoms with van der Waals surface area (Å²) in [6.45, 7) is 2.72. The van der Waals surface area contributed by atoms with E-state index in [1.54, 1.807) is 0 Å². The summed E-state index contributed by atoms with van der Waals surface area (Å²) in [5, 5.41) is 18.2. The van der Waals surface area contributed by atoms with Crippen LogP contribution in [0.2, 0.25) is 0 Å². The van der Waals surface area contributed by atoms with Gasteiger partial charge in [-0.3, -0.25) is 0 Å². The fourth-order valence-corrected chi connectivity index (χ4v) is 2.59. The van der Waals surface area contributed by atoms with Gasteiger partial charge in [-0.2, -0.15) is 0 Å². The highest BCUT2D eigenvalue weighted by atomic mass is 32.2. The van der Waals surface area contributed by atoms with Crippen molar-refractivity contribution in [3.63, 3.8) is 0 Å². The van der Waals surface area contributed by atoms with Crippen molar-refractivity contribution in [2.75, 3.05) is 12.3 Å². The van der Waals surface area contributed by atoms with E-state index in [4.69, 9.17) is 10.8 Å². The van der Waals surface area contributed by atoms with E-state index in [1.807, 2.05) is 0 Å². The molecule has 0 fully saturated rings. The maximum Gasteiger partial charge on any atom is 0.335 e. The second-order valence-electron chi connectivity index (χ2n) is 4.69. The maximum absolute atomic E-state index is 11.9. The van der Waals surface area contributed by atoms with Crippen molar-refractivity contribution in [2.45, 2.75) is 24.3 Å². The van der Waals surface area contributed by atoms with E-state index in [1.165, 1.54) is 13.8 Å². The molecule has 0 amide bonds. The Morgan fingerprint density at radius 2 is 2.00 bits per heavy atom. The van der Waals surface area contributed by atoms with Crippen molar-refractivity contribution in [1.29, 1.82) is 0 Å². The van der Waals surface area contributed by atoms with Crippen molar-refractivity contribution in [2.24, 2.45) is 0 Å². The molecule has 0 aliphatic rings. The Labute approximate surface area is 111 Å². The third-order valence-electron chi connectivity index (χ3n) is 2.24. The molecule has 0 atom stereocenters. The van der Waals surface area contributed by atoms with Crippen molar-refractivity contribution < 1.29 is 23.4 Å². The molecule has 5 N–H and O–H groups in total. The third-order valence-corrected chi connectivity index (χ3v) is 3.72.